The van der Waals surface area contributed by atoms with Gasteiger partial charge in [-0.05, 0) is 44.5 Å². The van der Waals surface area contributed by atoms with E-state index in [2.05, 4.69) is 5.32 Å². The highest BCUT2D eigenvalue weighted by atomic mass is 32.2. The number of rotatable bonds is 4. The highest BCUT2D eigenvalue weighted by molar-refractivity contribution is 7.89. The van der Waals surface area contributed by atoms with Gasteiger partial charge in [-0.2, -0.15) is 4.31 Å². The minimum Gasteiger partial charge on any atom is -0.379 e. The molecule has 26 heavy (non-hydrogen) atoms. The van der Waals surface area contributed by atoms with Gasteiger partial charge in [0.15, 0.2) is 0 Å². The summed E-state index contributed by atoms with van der Waals surface area (Å²) in [6.07, 6.45) is 1.99. The summed E-state index contributed by atoms with van der Waals surface area (Å²) in [7, 11) is -1.72. The first kappa shape index (κ1) is 19.3. The Kier molecular flexibility index (Phi) is 5.96. The molecule has 1 N–H and O–H groups in total. The molecule has 0 saturated carbocycles. The molecule has 1 aromatic rings. The van der Waals surface area contributed by atoms with Crippen LogP contribution in [-0.2, 0) is 14.8 Å². The Labute approximate surface area is 155 Å². The first-order chi connectivity index (χ1) is 12.4. The molecule has 0 aromatic heterocycles. The molecule has 7 nitrogen and oxygen atoms in total. The van der Waals surface area contributed by atoms with Crippen molar-refractivity contribution >= 4 is 15.9 Å². The maximum atomic E-state index is 13.0. The second-order valence-electron chi connectivity index (χ2n) is 6.88. The van der Waals surface area contributed by atoms with Gasteiger partial charge in [0.1, 0.15) is 0 Å². The number of aryl methyl sites for hydroxylation is 1. The number of sulfonamides is 1. The first-order valence-corrected chi connectivity index (χ1v) is 10.5. The van der Waals surface area contributed by atoms with Crippen LogP contribution in [0.15, 0.2) is 23.1 Å². The number of piperidine rings is 1. The summed E-state index contributed by atoms with van der Waals surface area (Å²) < 4.78 is 32.7. The lowest BCUT2D eigenvalue weighted by Gasteiger charge is -2.33. The van der Waals surface area contributed by atoms with Crippen LogP contribution in [0.4, 0.5) is 0 Å². The van der Waals surface area contributed by atoms with Crippen molar-refractivity contribution in [3.63, 3.8) is 0 Å². The van der Waals surface area contributed by atoms with E-state index in [0.29, 0.717) is 50.5 Å². The number of hydrogen-bond acceptors (Lipinski definition) is 5. The van der Waals surface area contributed by atoms with Crippen LogP contribution in [-0.4, -0.2) is 76.0 Å². The van der Waals surface area contributed by atoms with Crippen LogP contribution in [0, 0.1) is 6.92 Å². The van der Waals surface area contributed by atoms with E-state index >= 15 is 0 Å². The fourth-order valence-electron chi connectivity index (χ4n) is 3.52. The Bertz CT molecular complexity index is 760. The van der Waals surface area contributed by atoms with Crippen LogP contribution in [0.5, 0.6) is 0 Å². The molecule has 8 heteroatoms. The lowest BCUT2D eigenvalue weighted by atomic mass is 10.0. The average Bonchev–Trinajstić information content (AvgIpc) is 2.68. The number of nitrogens with zero attached hydrogens (tertiary/aromatic N) is 2. The van der Waals surface area contributed by atoms with Gasteiger partial charge in [-0.1, -0.05) is 6.07 Å². The predicted octanol–water partition coefficient (Wildman–Crippen LogP) is 0.840. The van der Waals surface area contributed by atoms with Crippen molar-refractivity contribution in [3.05, 3.63) is 29.3 Å². The molecule has 144 valence electrons. The molecule has 1 aromatic carbocycles. The van der Waals surface area contributed by atoms with Crippen LogP contribution >= 0.6 is 0 Å². The molecule has 1 unspecified atom stereocenters. The highest BCUT2D eigenvalue weighted by Gasteiger charge is 2.30. The molecule has 1 amide bonds. The quantitative estimate of drug-likeness (QED) is 0.836. The third-order valence-electron chi connectivity index (χ3n) is 5.14. The molecule has 2 saturated heterocycles. The lowest BCUT2D eigenvalue weighted by Crippen LogP contribution is -2.47. The number of benzene rings is 1. The normalized spacial score (nSPS) is 22.4. The first-order valence-electron chi connectivity index (χ1n) is 9.08. The number of likely N-dealkylation sites (tertiary alicyclic amines) is 1. The Balaban J connectivity index is 1.86. The van der Waals surface area contributed by atoms with E-state index < -0.39 is 10.0 Å². The summed E-state index contributed by atoms with van der Waals surface area (Å²) in [6.45, 7) is 4.60. The fourth-order valence-corrected chi connectivity index (χ4v) is 5.18. The zero-order valence-electron chi connectivity index (χ0n) is 15.4. The smallest absolute Gasteiger partial charge is 0.253 e. The van der Waals surface area contributed by atoms with Crippen LogP contribution in [0.2, 0.25) is 0 Å². The number of likely N-dealkylation sites (N-methyl/N-ethyl adjacent to an activating group) is 1. The average molecular weight is 381 g/mol. The SMILES string of the molecule is CNC1CCCN(C(=O)c2ccc(C)c(S(=O)(=O)N3CCOCC3)c2)C1. The lowest BCUT2D eigenvalue weighted by molar-refractivity contribution is 0.0697. The maximum Gasteiger partial charge on any atom is 0.253 e. The number of morpholine rings is 1. The van der Waals surface area contributed by atoms with Gasteiger partial charge >= 0.3 is 0 Å². The summed E-state index contributed by atoms with van der Waals surface area (Å²) >= 11 is 0. The van der Waals surface area contributed by atoms with Gasteiger partial charge in [0.25, 0.3) is 5.91 Å². The van der Waals surface area contributed by atoms with Crippen molar-refractivity contribution < 1.29 is 17.9 Å². The molecule has 1 atom stereocenters. The summed E-state index contributed by atoms with van der Waals surface area (Å²) in [5.41, 5.74) is 1.08. The monoisotopic (exact) mass is 381 g/mol. The van der Waals surface area contributed by atoms with Crippen molar-refractivity contribution in [3.8, 4) is 0 Å². The molecule has 2 fully saturated rings. The molecule has 0 spiro atoms. The Morgan fingerprint density at radius 3 is 2.65 bits per heavy atom. The Morgan fingerprint density at radius 2 is 1.96 bits per heavy atom. The summed E-state index contributed by atoms with van der Waals surface area (Å²) in [5, 5.41) is 3.22. The van der Waals surface area contributed by atoms with Crippen molar-refractivity contribution in [2.24, 2.45) is 0 Å². The van der Waals surface area contributed by atoms with Gasteiger partial charge in [-0.25, -0.2) is 8.42 Å². The van der Waals surface area contributed by atoms with Crippen LogP contribution in [0.25, 0.3) is 0 Å². The number of carbonyl (C=O) groups excluding carboxylic acids is 1. The largest absolute Gasteiger partial charge is 0.379 e. The van der Waals surface area contributed by atoms with Gasteiger partial charge in [0.2, 0.25) is 10.0 Å². The standard InChI is InChI=1S/C18H27N3O4S/c1-14-5-6-15(18(22)20-7-3-4-16(13-20)19-2)12-17(14)26(23,24)21-8-10-25-11-9-21/h5-6,12,16,19H,3-4,7-11,13H2,1-2H3. The van der Waals surface area contributed by atoms with Crippen molar-refractivity contribution in [2.45, 2.75) is 30.7 Å². The zero-order chi connectivity index (χ0) is 18.7. The molecule has 2 heterocycles. The van der Waals surface area contributed by atoms with Gasteiger partial charge in [-0.3, -0.25) is 4.79 Å². The van der Waals surface area contributed by atoms with Crippen molar-refractivity contribution in [1.29, 1.82) is 0 Å². The van der Waals surface area contributed by atoms with Gasteiger partial charge in [0, 0.05) is 37.8 Å². The van der Waals surface area contributed by atoms with Crippen molar-refractivity contribution in [1.82, 2.24) is 14.5 Å². The second kappa shape index (κ2) is 8.04. The fraction of sp³-hybridized carbons (Fsp3) is 0.611. The molecule has 0 radical (unpaired) electrons. The Morgan fingerprint density at radius 1 is 1.23 bits per heavy atom. The van der Waals surface area contributed by atoms with Crippen LogP contribution < -0.4 is 5.32 Å². The second-order valence-corrected chi connectivity index (χ2v) is 8.78. The number of hydrogen-bond donors (Lipinski definition) is 1. The summed E-state index contributed by atoms with van der Waals surface area (Å²) in [4.78, 5) is 14.9. The minimum absolute atomic E-state index is 0.108. The van der Waals surface area contributed by atoms with E-state index in [9.17, 15) is 13.2 Å². The third kappa shape index (κ3) is 3.93. The molecule has 2 aliphatic rings. The summed E-state index contributed by atoms with van der Waals surface area (Å²) in [5.74, 6) is -0.108. The molecule has 0 bridgehead atoms. The van der Waals surface area contributed by atoms with E-state index in [1.165, 1.54) is 10.4 Å². The number of nitrogens with one attached hydrogen (secondary N) is 1. The van der Waals surface area contributed by atoms with E-state index in [4.69, 9.17) is 4.74 Å². The topological polar surface area (TPSA) is 79.0 Å². The zero-order valence-corrected chi connectivity index (χ0v) is 16.2. The third-order valence-corrected chi connectivity index (χ3v) is 7.18. The van der Waals surface area contributed by atoms with Gasteiger partial charge in [-0.15, -0.1) is 0 Å². The molecule has 2 aliphatic heterocycles. The van der Waals surface area contributed by atoms with Crippen LogP contribution in [0.1, 0.15) is 28.8 Å². The van der Waals surface area contributed by atoms with E-state index in [1.807, 2.05) is 7.05 Å². The number of amides is 1. The number of ether oxygens (including phenoxy) is 1. The van der Waals surface area contributed by atoms with Gasteiger partial charge < -0.3 is 15.0 Å². The van der Waals surface area contributed by atoms with E-state index in [0.717, 1.165) is 12.8 Å². The minimum atomic E-state index is -3.62. The molecule has 3 rings (SSSR count). The van der Waals surface area contributed by atoms with Crippen LogP contribution in [0.3, 0.4) is 0 Å². The molecule has 0 aliphatic carbocycles. The van der Waals surface area contributed by atoms with E-state index in [1.54, 1.807) is 24.0 Å². The van der Waals surface area contributed by atoms with E-state index in [-0.39, 0.29) is 16.8 Å². The summed E-state index contributed by atoms with van der Waals surface area (Å²) in [6, 6.07) is 5.26. The maximum absolute atomic E-state index is 13.0. The predicted molar refractivity (Wildman–Crippen MR) is 98.7 cm³/mol. The van der Waals surface area contributed by atoms with Crippen molar-refractivity contribution in [2.75, 3.05) is 46.4 Å². The molecular weight excluding hydrogens is 354 g/mol. The number of carbonyl (C=O) groups is 1. The van der Waals surface area contributed by atoms with Gasteiger partial charge in [0.05, 0.1) is 18.1 Å². The molecular formula is C18H27N3O4S. The Hall–Kier alpha value is -1.48. The highest BCUT2D eigenvalue weighted by Crippen LogP contribution is 2.23.